The van der Waals surface area contributed by atoms with Gasteiger partial charge in [-0.2, -0.15) is 0 Å². The van der Waals surface area contributed by atoms with Gasteiger partial charge in [-0.25, -0.2) is 0 Å². The third-order valence-corrected chi connectivity index (χ3v) is 4.14. The zero-order chi connectivity index (χ0) is 14.4. The van der Waals surface area contributed by atoms with Crippen LogP contribution in [0.2, 0.25) is 0 Å². The van der Waals surface area contributed by atoms with Crippen LogP contribution in [0.25, 0.3) is 0 Å². The number of carbonyl (C=O) groups excluding carboxylic acids is 1. The number of hydrogen-bond donors (Lipinski definition) is 2. The molecule has 0 heterocycles. The number of nitrogens with two attached hydrogens (primary N) is 1. The van der Waals surface area contributed by atoms with Gasteiger partial charge >= 0.3 is 0 Å². The Morgan fingerprint density at radius 3 is 2.65 bits per heavy atom. The number of hydrogen-bond acceptors (Lipinski definition) is 2. The second-order valence-electron chi connectivity index (χ2n) is 6.02. The highest BCUT2D eigenvalue weighted by molar-refractivity contribution is 5.90. The topological polar surface area (TPSA) is 55.1 Å². The van der Waals surface area contributed by atoms with E-state index in [1.807, 2.05) is 31.2 Å². The van der Waals surface area contributed by atoms with Crippen molar-refractivity contribution in [1.82, 2.24) is 0 Å². The van der Waals surface area contributed by atoms with Gasteiger partial charge in [0.2, 0.25) is 5.91 Å². The van der Waals surface area contributed by atoms with Crippen LogP contribution in [0.3, 0.4) is 0 Å². The summed E-state index contributed by atoms with van der Waals surface area (Å²) in [6.07, 6.45) is 8.27. The first kappa shape index (κ1) is 15.0. The fourth-order valence-electron chi connectivity index (χ4n) is 2.94. The molecule has 0 aliphatic heterocycles. The standard InChI is InChI=1S/C17H26N2O/c1-13(18)15-9-6-10-16(12-15)19-17(20)11-14-7-4-2-3-5-8-14/h6,9-10,12-14H,2-5,7-8,11,18H2,1H3,(H,19,20). The zero-order valence-electron chi connectivity index (χ0n) is 12.4. The molecule has 1 aromatic rings. The van der Waals surface area contributed by atoms with Crippen LogP contribution < -0.4 is 11.1 Å². The minimum atomic E-state index is -0.00583. The van der Waals surface area contributed by atoms with Gasteiger partial charge in [0.1, 0.15) is 0 Å². The summed E-state index contributed by atoms with van der Waals surface area (Å²) in [5.74, 6) is 0.702. The summed E-state index contributed by atoms with van der Waals surface area (Å²) in [5, 5.41) is 3.01. The van der Waals surface area contributed by atoms with Gasteiger partial charge in [-0.05, 0) is 43.4 Å². The Balaban J connectivity index is 1.88. The predicted octanol–water partition coefficient (Wildman–Crippen LogP) is 4.01. The first-order chi connectivity index (χ1) is 9.65. The van der Waals surface area contributed by atoms with Crippen LogP contribution in [0.15, 0.2) is 24.3 Å². The Morgan fingerprint density at radius 2 is 2.00 bits per heavy atom. The molecular weight excluding hydrogens is 248 g/mol. The summed E-state index contributed by atoms with van der Waals surface area (Å²) in [6, 6.07) is 7.83. The zero-order valence-corrected chi connectivity index (χ0v) is 12.4. The molecule has 0 saturated heterocycles. The number of carbonyl (C=O) groups is 1. The minimum Gasteiger partial charge on any atom is -0.326 e. The van der Waals surface area contributed by atoms with E-state index in [4.69, 9.17) is 5.73 Å². The molecule has 1 atom stereocenters. The molecule has 1 aliphatic rings. The maximum Gasteiger partial charge on any atom is 0.224 e. The van der Waals surface area contributed by atoms with Crippen LogP contribution in [0.5, 0.6) is 0 Å². The van der Waals surface area contributed by atoms with Crippen molar-refractivity contribution in [3.63, 3.8) is 0 Å². The number of benzene rings is 1. The van der Waals surface area contributed by atoms with E-state index in [9.17, 15) is 4.79 Å². The van der Waals surface area contributed by atoms with Crippen molar-refractivity contribution >= 4 is 11.6 Å². The van der Waals surface area contributed by atoms with Crippen molar-refractivity contribution in [2.75, 3.05) is 5.32 Å². The molecule has 0 spiro atoms. The second kappa shape index (κ2) is 7.44. The van der Waals surface area contributed by atoms with Gasteiger partial charge in [-0.3, -0.25) is 4.79 Å². The lowest BCUT2D eigenvalue weighted by Gasteiger charge is -2.14. The number of nitrogens with one attached hydrogen (secondary N) is 1. The third kappa shape index (κ3) is 4.64. The molecule has 1 unspecified atom stereocenters. The van der Waals surface area contributed by atoms with Gasteiger partial charge in [0.15, 0.2) is 0 Å². The van der Waals surface area contributed by atoms with Gasteiger partial charge < -0.3 is 11.1 Å². The molecule has 3 nitrogen and oxygen atoms in total. The smallest absolute Gasteiger partial charge is 0.224 e. The molecule has 1 aliphatic carbocycles. The van der Waals surface area contributed by atoms with Crippen molar-refractivity contribution in [3.8, 4) is 0 Å². The predicted molar refractivity (Wildman–Crippen MR) is 83.5 cm³/mol. The van der Waals surface area contributed by atoms with E-state index in [0.29, 0.717) is 12.3 Å². The molecule has 1 aromatic carbocycles. The molecule has 1 amide bonds. The molecule has 3 N–H and O–H groups in total. The van der Waals surface area contributed by atoms with Gasteiger partial charge in [0.25, 0.3) is 0 Å². The maximum absolute atomic E-state index is 12.1. The summed E-state index contributed by atoms with van der Waals surface area (Å²) in [4.78, 5) is 12.1. The average Bonchev–Trinajstić information content (AvgIpc) is 2.67. The Bertz CT molecular complexity index is 434. The Kier molecular flexibility index (Phi) is 5.60. The van der Waals surface area contributed by atoms with Crippen LogP contribution in [-0.4, -0.2) is 5.91 Å². The van der Waals surface area contributed by atoms with Gasteiger partial charge in [-0.1, -0.05) is 37.8 Å². The van der Waals surface area contributed by atoms with E-state index in [0.717, 1.165) is 11.3 Å². The molecule has 0 aromatic heterocycles. The van der Waals surface area contributed by atoms with E-state index in [-0.39, 0.29) is 11.9 Å². The molecule has 0 bridgehead atoms. The average molecular weight is 274 g/mol. The van der Waals surface area contributed by atoms with E-state index < -0.39 is 0 Å². The van der Waals surface area contributed by atoms with Crippen molar-refractivity contribution in [2.24, 2.45) is 11.7 Å². The molecule has 2 rings (SSSR count). The van der Waals surface area contributed by atoms with E-state index in [2.05, 4.69) is 5.32 Å². The summed E-state index contributed by atoms with van der Waals surface area (Å²) in [5.41, 5.74) is 7.78. The number of amides is 1. The van der Waals surface area contributed by atoms with Gasteiger partial charge in [-0.15, -0.1) is 0 Å². The molecule has 1 fully saturated rings. The lowest BCUT2D eigenvalue weighted by Crippen LogP contribution is -2.16. The van der Waals surface area contributed by atoms with Crippen molar-refractivity contribution in [3.05, 3.63) is 29.8 Å². The van der Waals surface area contributed by atoms with Crippen LogP contribution in [-0.2, 0) is 4.79 Å². The molecular formula is C17H26N2O. The van der Waals surface area contributed by atoms with Crippen LogP contribution in [0, 0.1) is 5.92 Å². The highest BCUT2D eigenvalue weighted by Crippen LogP contribution is 2.26. The highest BCUT2D eigenvalue weighted by Gasteiger charge is 2.16. The maximum atomic E-state index is 12.1. The monoisotopic (exact) mass is 274 g/mol. The Hall–Kier alpha value is -1.35. The SMILES string of the molecule is CC(N)c1cccc(NC(=O)CC2CCCCCC2)c1. The quantitative estimate of drug-likeness (QED) is 0.815. The number of rotatable bonds is 4. The van der Waals surface area contributed by atoms with E-state index in [1.165, 1.54) is 38.5 Å². The molecule has 110 valence electrons. The van der Waals surface area contributed by atoms with Crippen molar-refractivity contribution in [1.29, 1.82) is 0 Å². The second-order valence-corrected chi connectivity index (χ2v) is 6.02. The molecule has 1 saturated carbocycles. The minimum absolute atomic E-state index is 0.00583. The number of anilines is 1. The lowest BCUT2D eigenvalue weighted by molar-refractivity contribution is -0.117. The van der Waals surface area contributed by atoms with Crippen LogP contribution >= 0.6 is 0 Å². The van der Waals surface area contributed by atoms with Gasteiger partial charge in [0, 0.05) is 18.2 Å². The first-order valence-corrected chi connectivity index (χ1v) is 7.80. The first-order valence-electron chi connectivity index (χ1n) is 7.80. The summed E-state index contributed by atoms with van der Waals surface area (Å²) < 4.78 is 0. The van der Waals surface area contributed by atoms with Crippen LogP contribution in [0.1, 0.15) is 63.5 Å². The lowest BCUT2D eigenvalue weighted by atomic mass is 9.96. The molecule has 3 heteroatoms. The van der Waals surface area contributed by atoms with E-state index in [1.54, 1.807) is 0 Å². The molecule has 20 heavy (non-hydrogen) atoms. The van der Waals surface area contributed by atoms with Crippen molar-refractivity contribution in [2.45, 2.75) is 57.9 Å². The largest absolute Gasteiger partial charge is 0.326 e. The summed E-state index contributed by atoms with van der Waals surface area (Å²) >= 11 is 0. The Labute approximate surface area is 121 Å². The fourth-order valence-corrected chi connectivity index (χ4v) is 2.94. The van der Waals surface area contributed by atoms with Gasteiger partial charge in [0.05, 0.1) is 0 Å². The van der Waals surface area contributed by atoms with E-state index >= 15 is 0 Å². The highest BCUT2D eigenvalue weighted by atomic mass is 16.1. The van der Waals surface area contributed by atoms with Crippen molar-refractivity contribution < 1.29 is 4.79 Å². The molecule has 0 radical (unpaired) electrons. The normalized spacial score (nSPS) is 18.3. The summed E-state index contributed by atoms with van der Waals surface area (Å²) in [7, 11) is 0. The van der Waals surface area contributed by atoms with Crippen LogP contribution in [0.4, 0.5) is 5.69 Å². The Morgan fingerprint density at radius 1 is 1.30 bits per heavy atom. The fraction of sp³-hybridized carbons (Fsp3) is 0.588. The third-order valence-electron chi connectivity index (χ3n) is 4.14. The summed E-state index contributed by atoms with van der Waals surface area (Å²) in [6.45, 7) is 1.95.